The summed E-state index contributed by atoms with van der Waals surface area (Å²) in [5, 5.41) is 7.42. The van der Waals surface area contributed by atoms with Gasteiger partial charge in [0.15, 0.2) is 0 Å². The summed E-state index contributed by atoms with van der Waals surface area (Å²) in [6.45, 7) is 0.683. The molecule has 0 saturated carbocycles. The van der Waals surface area contributed by atoms with Gasteiger partial charge in [0.25, 0.3) is 0 Å². The van der Waals surface area contributed by atoms with Gasteiger partial charge in [-0.25, -0.2) is 14.6 Å². The van der Waals surface area contributed by atoms with Gasteiger partial charge in [0, 0.05) is 5.69 Å². The zero-order chi connectivity index (χ0) is 13.8. The van der Waals surface area contributed by atoms with Crippen LogP contribution in [0.2, 0.25) is 0 Å². The highest BCUT2D eigenvalue weighted by Gasteiger charge is 1.99. The molecule has 1 aromatic carbocycles. The highest BCUT2D eigenvalue weighted by Crippen LogP contribution is 2.13. The van der Waals surface area contributed by atoms with E-state index < -0.39 is 0 Å². The summed E-state index contributed by atoms with van der Waals surface area (Å²) in [6, 6.07) is 13.9. The van der Waals surface area contributed by atoms with Crippen LogP contribution in [-0.2, 0) is 6.54 Å². The van der Waals surface area contributed by atoms with Crippen LogP contribution in [0.4, 0.5) is 5.69 Å². The molecule has 0 unspecified atom stereocenters. The van der Waals surface area contributed by atoms with E-state index in [1.807, 2.05) is 42.5 Å². The second kappa shape index (κ2) is 5.83. The number of hydrogen-bond acceptors (Lipinski definition) is 4. The molecule has 0 bridgehead atoms. The van der Waals surface area contributed by atoms with Crippen LogP contribution in [0.5, 0.6) is 0 Å². The zero-order valence-electron chi connectivity index (χ0n) is 10.6. The molecule has 0 fully saturated rings. The van der Waals surface area contributed by atoms with Crippen molar-refractivity contribution < 1.29 is 0 Å². The molecule has 1 N–H and O–H groups in total. The molecule has 0 radical (unpaired) electrons. The van der Waals surface area contributed by atoms with E-state index in [9.17, 15) is 0 Å². The van der Waals surface area contributed by atoms with Crippen LogP contribution < -0.4 is 5.32 Å². The van der Waals surface area contributed by atoms with Gasteiger partial charge in [-0.05, 0) is 52.3 Å². The van der Waals surface area contributed by atoms with Crippen molar-refractivity contribution in [3.8, 4) is 5.69 Å². The minimum Gasteiger partial charge on any atom is -0.379 e. The maximum Gasteiger partial charge on any atom is 0.138 e. The Hall–Kier alpha value is -2.21. The van der Waals surface area contributed by atoms with Gasteiger partial charge in [-0.15, -0.1) is 0 Å². The third kappa shape index (κ3) is 3.03. The summed E-state index contributed by atoms with van der Waals surface area (Å²) in [7, 11) is 0. The van der Waals surface area contributed by atoms with E-state index >= 15 is 0 Å². The molecular formula is C14H12BrN5. The second-order valence-electron chi connectivity index (χ2n) is 4.19. The van der Waals surface area contributed by atoms with Gasteiger partial charge < -0.3 is 5.32 Å². The van der Waals surface area contributed by atoms with Gasteiger partial charge in [0.1, 0.15) is 17.3 Å². The van der Waals surface area contributed by atoms with Crippen LogP contribution in [0.25, 0.3) is 5.69 Å². The SMILES string of the molecule is Brc1cccc(CNc2ccc(-n3cncn3)cc2)n1. The number of pyridine rings is 1. The lowest BCUT2D eigenvalue weighted by Crippen LogP contribution is -2.02. The third-order valence-electron chi connectivity index (χ3n) is 2.80. The first-order valence-corrected chi connectivity index (χ1v) is 6.91. The number of aromatic nitrogens is 4. The molecule has 3 aromatic rings. The molecular weight excluding hydrogens is 318 g/mol. The summed E-state index contributed by atoms with van der Waals surface area (Å²) in [5.74, 6) is 0. The van der Waals surface area contributed by atoms with Crippen LogP contribution in [-0.4, -0.2) is 19.7 Å². The number of nitrogens with zero attached hydrogens (tertiary/aromatic N) is 4. The molecule has 0 atom stereocenters. The van der Waals surface area contributed by atoms with Crippen LogP contribution in [0.3, 0.4) is 0 Å². The number of rotatable bonds is 4. The molecule has 6 heteroatoms. The molecule has 0 saturated heterocycles. The first-order chi connectivity index (χ1) is 9.81. The van der Waals surface area contributed by atoms with Crippen molar-refractivity contribution in [2.24, 2.45) is 0 Å². The molecule has 20 heavy (non-hydrogen) atoms. The standard InChI is InChI=1S/C14H12BrN5/c15-14-3-1-2-12(19-14)8-17-11-4-6-13(7-5-11)20-10-16-9-18-20/h1-7,9-10,17H,8H2. The molecule has 5 nitrogen and oxygen atoms in total. The Morgan fingerprint density at radius 2 is 1.95 bits per heavy atom. The topological polar surface area (TPSA) is 55.6 Å². The van der Waals surface area contributed by atoms with Gasteiger partial charge in [0.05, 0.1) is 17.9 Å². The first kappa shape index (κ1) is 12.8. The Bertz CT molecular complexity index is 679. The quantitative estimate of drug-likeness (QED) is 0.747. The van der Waals surface area contributed by atoms with E-state index in [0.717, 1.165) is 21.7 Å². The average Bonchev–Trinajstić information content (AvgIpc) is 3.00. The predicted molar refractivity (Wildman–Crippen MR) is 80.6 cm³/mol. The van der Waals surface area contributed by atoms with Crippen LogP contribution in [0.15, 0.2) is 59.7 Å². The lowest BCUT2D eigenvalue weighted by Gasteiger charge is -2.07. The van der Waals surface area contributed by atoms with Crippen molar-refractivity contribution in [3.05, 3.63) is 65.4 Å². The first-order valence-electron chi connectivity index (χ1n) is 6.12. The Morgan fingerprint density at radius 3 is 2.65 bits per heavy atom. The third-order valence-corrected chi connectivity index (χ3v) is 3.24. The van der Waals surface area contributed by atoms with E-state index in [1.54, 1.807) is 11.0 Å². The zero-order valence-corrected chi connectivity index (χ0v) is 12.2. The van der Waals surface area contributed by atoms with Crippen molar-refractivity contribution in [1.82, 2.24) is 19.7 Å². The van der Waals surface area contributed by atoms with Crippen molar-refractivity contribution in [1.29, 1.82) is 0 Å². The van der Waals surface area contributed by atoms with Gasteiger partial charge >= 0.3 is 0 Å². The molecule has 0 amide bonds. The molecule has 0 aliphatic heterocycles. The highest BCUT2D eigenvalue weighted by atomic mass is 79.9. The van der Waals surface area contributed by atoms with Crippen LogP contribution in [0, 0.1) is 0 Å². The minimum atomic E-state index is 0.683. The van der Waals surface area contributed by atoms with Crippen molar-refractivity contribution >= 4 is 21.6 Å². The Balaban J connectivity index is 1.67. The smallest absolute Gasteiger partial charge is 0.138 e. The summed E-state index contributed by atoms with van der Waals surface area (Å²) < 4.78 is 2.57. The van der Waals surface area contributed by atoms with Crippen molar-refractivity contribution in [2.75, 3.05) is 5.32 Å². The van der Waals surface area contributed by atoms with Crippen molar-refractivity contribution in [2.45, 2.75) is 6.54 Å². The monoisotopic (exact) mass is 329 g/mol. The van der Waals surface area contributed by atoms with Gasteiger partial charge in [-0.1, -0.05) is 6.07 Å². The van der Waals surface area contributed by atoms with E-state index in [1.165, 1.54) is 6.33 Å². The Kier molecular flexibility index (Phi) is 3.73. The number of benzene rings is 1. The average molecular weight is 330 g/mol. The van der Waals surface area contributed by atoms with Gasteiger partial charge in [-0.3, -0.25) is 0 Å². The number of hydrogen-bond donors (Lipinski definition) is 1. The van der Waals surface area contributed by atoms with Gasteiger partial charge in [0.2, 0.25) is 0 Å². The minimum absolute atomic E-state index is 0.683. The molecule has 2 aromatic heterocycles. The molecule has 0 aliphatic carbocycles. The number of nitrogens with one attached hydrogen (secondary N) is 1. The second-order valence-corrected chi connectivity index (χ2v) is 5.00. The molecule has 0 aliphatic rings. The molecule has 3 rings (SSSR count). The fraction of sp³-hybridized carbons (Fsp3) is 0.0714. The summed E-state index contributed by atoms with van der Waals surface area (Å²) >= 11 is 3.37. The highest BCUT2D eigenvalue weighted by molar-refractivity contribution is 9.10. The molecule has 2 heterocycles. The summed E-state index contributed by atoms with van der Waals surface area (Å²) in [4.78, 5) is 8.31. The Morgan fingerprint density at radius 1 is 1.10 bits per heavy atom. The normalized spacial score (nSPS) is 10.4. The summed E-state index contributed by atoms with van der Waals surface area (Å²) in [6.07, 6.45) is 3.19. The van der Waals surface area contributed by atoms with Crippen LogP contribution >= 0.6 is 15.9 Å². The number of anilines is 1. The number of halogens is 1. The molecule has 100 valence electrons. The largest absolute Gasteiger partial charge is 0.379 e. The van der Waals surface area contributed by atoms with E-state index in [0.29, 0.717) is 6.54 Å². The predicted octanol–water partition coefficient (Wildman–Crippen LogP) is 3.04. The fourth-order valence-corrected chi connectivity index (χ4v) is 2.20. The van der Waals surface area contributed by atoms with E-state index in [-0.39, 0.29) is 0 Å². The van der Waals surface area contributed by atoms with Crippen LogP contribution in [0.1, 0.15) is 5.69 Å². The lowest BCUT2D eigenvalue weighted by atomic mass is 10.2. The van der Waals surface area contributed by atoms with Crippen molar-refractivity contribution in [3.63, 3.8) is 0 Å². The maximum atomic E-state index is 4.38. The Labute approximate surface area is 124 Å². The maximum absolute atomic E-state index is 4.38. The lowest BCUT2D eigenvalue weighted by molar-refractivity contribution is 0.879. The van der Waals surface area contributed by atoms with E-state index in [4.69, 9.17) is 0 Å². The fourth-order valence-electron chi connectivity index (χ4n) is 1.81. The molecule has 0 spiro atoms. The summed E-state index contributed by atoms with van der Waals surface area (Å²) in [5.41, 5.74) is 3.00. The van der Waals surface area contributed by atoms with Gasteiger partial charge in [-0.2, -0.15) is 5.10 Å². The van der Waals surface area contributed by atoms with E-state index in [2.05, 4.69) is 36.3 Å².